The lowest BCUT2D eigenvalue weighted by molar-refractivity contribution is -0.118. The topological polar surface area (TPSA) is 73.2 Å². The van der Waals surface area contributed by atoms with Crippen molar-refractivity contribution in [2.45, 2.75) is 19.4 Å². The summed E-state index contributed by atoms with van der Waals surface area (Å²) in [6.07, 6.45) is 0.566. The van der Waals surface area contributed by atoms with Gasteiger partial charge in [0.05, 0.1) is 11.6 Å². The molecule has 0 radical (unpaired) electrons. The number of nitriles is 1. The summed E-state index contributed by atoms with van der Waals surface area (Å²) in [5, 5.41) is 11.7. The summed E-state index contributed by atoms with van der Waals surface area (Å²) < 4.78 is 0. The zero-order chi connectivity index (χ0) is 17.1. The van der Waals surface area contributed by atoms with Crippen LogP contribution in [0.15, 0.2) is 48.5 Å². The number of hydrogen-bond acceptors (Lipinski definition) is 3. The quantitative estimate of drug-likeness (QED) is 0.944. The molecule has 1 atom stereocenters. The molecule has 120 valence electrons. The number of benzene rings is 2. The Hall–Kier alpha value is -3.13. The Morgan fingerprint density at radius 1 is 1.25 bits per heavy atom. The Morgan fingerprint density at radius 3 is 2.71 bits per heavy atom. The predicted octanol–water partition coefficient (Wildman–Crippen LogP) is 2.40. The maximum atomic E-state index is 12.5. The van der Waals surface area contributed by atoms with Gasteiger partial charge in [0.25, 0.3) is 5.91 Å². The normalized spacial score (nSPS) is 16.8. The van der Waals surface area contributed by atoms with Gasteiger partial charge >= 0.3 is 0 Å². The Kier molecular flexibility index (Phi) is 4.30. The molecule has 2 amide bonds. The summed E-state index contributed by atoms with van der Waals surface area (Å²) >= 11 is 0. The minimum absolute atomic E-state index is 0.108. The van der Waals surface area contributed by atoms with E-state index < -0.39 is 6.04 Å². The number of carbonyl (C=O) groups is 2. The van der Waals surface area contributed by atoms with Gasteiger partial charge in [0.1, 0.15) is 6.04 Å². The Morgan fingerprint density at radius 2 is 2.00 bits per heavy atom. The van der Waals surface area contributed by atoms with E-state index in [9.17, 15) is 9.59 Å². The highest BCUT2D eigenvalue weighted by atomic mass is 16.2. The van der Waals surface area contributed by atoms with Crippen molar-refractivity contribution in [1.82, 2.24) is 5.32 Å². The minimum atomic E-state index is -0.537. The van der Waals surface area contributed by atoms with Gasteiger partial charge in [0.15, 0.2) is 0 Å². The van der Waals surface area contributed by atoms with Crippen molar-refractivity contribution in [2.75, 3.05) is 11.4 Å². The molecular formula is C19H17N3O2. The molecule has 0 unspecified atom stereocenters. The van der Waals surface area contributed by atoms with Gasteiger partial charge in [-0.2, -0.15) is 5.26 Å². The fourth-order valence-corrected chi connectivity index (χ4v) is 2.77. The van der Waals surface area contributed by atoms with Crippen molar-refractivity contribution in [3.8, 4) is 6.07 Å². The van der Waals surface area contributed by atoms with Gasteiger partial charge in [-0.05, 0) is 43.7 Å². The van der Waals surface area contributed by atoms with Gasteiger partial charge in [-0.25, -0.2) is 0 Å². The van der Waals surface area contributed by atoms with Crippen molar-refractivity contribution in [3.05, 3.63) is 65.2 Å². The van der Waals surface area contributed by atoms with Crippen LogP contribution in [0, 0.1) is 18.3 Å². The molecule has 1 saturated heterocycles. The maximum Gasteiger partial charge on any atom is 0.251 e. The highest BCUT2D eigenvalue weighted by Gasteiger charge is 2.33. The molecule has 0 aromatic heterocycles. The molecule has 1 aliphatic rings. The first kappa shape index (κ1) is 15.8. The fraction of sp³-hybridized carbons (Fsp3) is 0.211. The van der Waals surface area contributed by atoms with E-state index in [-0.39, 0.29) is 11.8 Å². The van der Waals surface area contributed by atoms with Gasteiger partial charge in [-0.15, -0.1) is 0 Å². The summed E-state index contributed by atoms with van der Waals surface area (Å²) in [4.78, 5) is 26.5. The van der Waals surface area contributed by atoms with Crippen LogP contribution in [0.2, 0.25) is 0 Å². The molecule has 24 heavy (non-hydrogen) atoms. The van der Waals surface area contributed by atoms with E-state index in [2.05, 4.69) is 5.32 Å². The van der Waals surface area contributed by atoms with Crippen molar-refractivity contribution in [1.29, 1.82) is 5.26 Å². The third kappa shape index (κ3) is 3.13. The van der Waals surface area contributed by atoms with Crippen LogP contribution < -0.4 is 10.2 Å². The first-order valence-electron chi connectivity index (χ1n) is 7.77. The van der Waals surface area contributed by atoms with Crippen molar-refractivity contribution in [2.24, 2.45) is 0 Å². The van der Waals surface area contributed by atoms with Crippen LogP contribution in [0.3, 0.4) is 0 Å². The van der Waals surface area contributed by atoms with E-state index in [1.807, 2.05) is 37.3 Å². The Labute approximate surface area is 140 Å². The van der Waals surface area contributed by atoms with Crippen molar-refractivity contribution < 1.29 is 9.59 Å². The number of anilines is 1. The van der Waals surface area contributed by atoms with Gasteiger partial charge in [-0.1, -0.05) is 23.8 Å². The van der Waals surface area contributed by atoms with E-state index in [0.29, 0.717) is 24.1 Å². The highest BCUT2D eigenvalue weighted by Crippen LogP contribution is 2.22. The van der Waals surface area contributed by atoms with Crippen LogP contribution in [0.4, 0.5) is 5.69 Å². The first-order valence-corrected chi connectivity index (χ1v) is 7.77. The number of amides is 2. The SMILES string of the molecule is Cc1ccc(N2CC[C@@H](NC(=O)c3cccc(C#N)c3)C2=O)cc1. The molecule has 1 aliphatic heterocycles. The third-order valence-corrected chi connectivity index (χ3v) is 4.11. The Balaban J connectivity index is 1.70. The summed E-state index contributed by atoms with van der Waals surface area (Å²) in [6.45, 7) is 2.57. The van der Waals surface area contributed by atoms with Gasteiger partial charge < -0.3 is 10.2 Å². The molecule has 0 spiro atoms. The fourth-order valence-electron chi connectivity index (χ4n) is 2.77. The van der Waals surface area contributed by atoms with Crippen LogP contribution in [0.1, 0.15) is 27.9 Å². The van der Waals surface area contributed by atoms with Crippen molar-refractivity contribution >= 4 is 17.5 Å². The lowest BCUT2D eigenvalue weighted by atomic mass is 10.1. The number of hydrogen-bond donors (Lipinski definition) is 1. The van der Waals surface area contributed by atoms with Gasteiger partial charge in [-0.3, -0.25) is 9.59 Å². The molecule has 2 aromatic carbocycles. The van der Waals surface area contributed by atoms with Crippen LogP contribution in [0.25, 0.3) is 0 Å². The summed E-state index contributed by atoms with van der Waals surface area (Å²) in [5.74, 6) is -0.445. The monoisotopic (exact) mass is 319 g/mol. The molecule has 0 bridgehead atoms. The molecule has 5 nitrogen and oxygen atoms in total. The largest absolute Gasteiger partial charge is 0.340 e. The molecular weight excluding hydrogens is 302 g/mol. The molecule has 1 fully saturated rings. The summed E-state index contributed by atoms with van der Waals surface area (Å²) in [6, 6.07) is 15.7. The number of nitrogens with zero attached hydrogens (tertiary/aromatic N) is 2. The second-order valence-corrected chi connectivity index (χ2v) is 5.83. The van der Waals surface area contributed by atoms with E-state index in [0.717, 1.165) is 11.3 Å². The molecule has 3 rings (SSSR count). The average Bonchev–Trinajstić information content (AvgIpc) is 2.96. The minimum Gasteiger partial charge on any atom is -0.340 e. The molecule has 1 heterocycles. The zero-order valence-corrected chi connectivity index (χ0v) is 13.3. The van der Waals surface area contributed by atoms with Crippen molar-refractivity contribution in [3.63, 3.8) is 0 Å². The molecule has 0 saturated carbocycles. The summed E-state index contributed by atoms with van der Waals surface area (Å²) in [7, 11) is 0. The van der Waals surface area contributed by atoms with Gasteiger partial charge in [0.2, 0.25) is 5.91 Å². The first-order chi connectivity index (χ1) is 11.6. The van der Waals surface area contributed by atoms with Crippen LogP contribution in [0.5, 0.6) is 0 Å². The second kappa shape index (κ2) is 6.55. The maximum absolute atomic E-state index is 12.5. The average molecular weight is 319 g/mol. The Bertz CT molecular complexity index is 821. The number of aryl methyl sites for hydroxylation is 1. The van der Waals surface area contributed by atoms with E-state index in [1.54, 1.807) is 23.1 Å². The molecule has 1 N–H and O–H groups in total. The lowest BCUT2D eigenvalue weighted by Gasteiger charge is -2.17. The third-order valence-electron chi connectivity index (χ3n) is 4.11. The molecule has 2 aromatic rings. The smallest absolute Gasteiger partial charge is 0.251 e. The van der Waals surface area contributed by atoms with Gasteiger partial charge in [0, 0.05) is 17.8 Å². The second-order valence-electron chi connectivity index (χ2n) is 5.83. The number of carbonyl (C=O) groups excluding carboxylic acids is 2. The lowest BCUT2D eigenvalue weighted by Crippen LogP contribution is -2.41. The van der Waals surface area contributed by atoms with Crippen LogP contribution >= 0.6 is 0 Å². The van der Waals surface area contributed by atoms with Crippen LogP contribution in [-0.4, -0.2) is 24.4 Å². The van der Waals surface area contributed by atoms with Crippen LogP contribution in [-0.2, 0) is 4.79 Å². The number of nitrogens with one attached hydrogen (secondary N) is 1. The predicted molar refractivity (Wildman–Crippen MR) is 90.6 cm³/mol. The highest BCUT2D eigenvalue weighted by molar-refractivity contribution is 6.04. The molecule has 5 heteroatoms. The van der Waals surface area contributed by atoms with E-state index >= 15 is 0 Å². The standard InChI is InChI=1S/C19H17N3O2/c1-13-5-7-16(8-6-13)22-10-9-17(19(22)24)21-18(23)15-4-2-3-14(11-15)12-20/h2-8,11,17H,9-10H2,1H3,(H,21,23)/t17-/m1/s1. The molecule has 0 aliphatic carbocycles. The number of rotatable bonds is 3. The summed E-state index contributed by atoms with van der Waals surface area (Å²) in [5.41, 5.74) is 2.78. The van der Waals surface area contributed by atoms with E-state index in [4.69, 9.17) is 5.26 Å². The van der Waals surface area contributed by atoms with E-state index in [1.165, 1.54) is 6.07 Å². The zero-order valence-electron chi connectivity index (χ0n) is 13.3.